The summed E-state index contributed by atoms with van der Waals surface area (Å²) in [5.74, 6) is -2.25. The molecule has 0 spiro atoms. The zero-order valence-corrected chi connectivity index (χ0v) is 18.2. The molecule has 2 aromatic carbocycles. The van der Waals surface area contributed by atoms with Crippen LogP contribution in [0.25, 0.3) is 0 Å². The predicted molar refractivity (Wildman–Crippen MR) is 116 cm³/mol. The average Bonchev–Trinajstić information content (AvgIpc) is 3.19. The van der Waals surface area contributed by atoms with Crippen molar-refractivity contribution in [2.45, 2.75) is 6.42 Å². The third-order valence-electron chi connectivity index (χ3n) is 4.83. The molecule has 9 nitrogen and oxygen atoms in total. The first-order valence-electron chi connectivity index (χ1n) is 9.61. The number of nitrogens with zero attached hydrogens (tertiary/aromatic N) is 1. The smallest absolute Gasteiger partial charge is 0.337 e. The number of esters is 2. The summed E-state index contributed by atoms with van der Waals surface area (Å²) >= 11 is 6.03. The van der Waals surface area contributed by atoms with Crippen LogP contribution in [0.1, 0.15) is 16.8 Å². The van der Waals surface area contributed by atoms with E-state index in [0.717, 1.165) is 0 Å². The SMILES string of the molecule is COC(=O)c1ccc(NC(=O)COC(=O)[C@H]2CC(=O)N(c3cc(Cl)ccc3OC)C2)cc1. The zero-order chi connectivity index (χ0) is 23.3. The van der Waals surface area contributed by atoms with Crippen molar-refractivity contribution in [1.82, 2.24) is 0 Å². The monoisotopic (exact) mass is 460 g/mol. The van der Waals surface area contributed by atoms with Crippen molar-refractivity contribution in [3.05, 3.63) is 53.1 Å². The summed E-state index contributed by atoms with van der Waals surface area (Å²) < 4.78 is 15.0. The molecule has 0 unspecified atom stereocenters. The van der Waals surface area contributed by atoms with Crippen LogP contribution in [-0.4, -0.2) is 51.1 Å². The van der Waals surface area contributed by atoms with Crippen LogP contribution < -0.4 is 15.0 Å². The third kappa shape index (κ3) is 5.36. The fourth-order valence-corrected chi connectivity index (χ4v) is 3.40. The van der Waals surface area contributed by atoms with Crippen molar-refractivity contribution >= 4 is 46.7 Å². The third-order valence-corrected chi connectivity index (χ3v) is 5.06. The van der Waals surface area contributed by atoms with Crippen LogP contribution in [-0.2, 0) is 23.9 Å². The van der Waals surface area contributed by atoms with E-state index in [4.69, 9.17) is 21.1 Å². The van der Waals surface area contributed by atoms with Gasteiger partial charge in [-0.3, -0.25) is 14.4 Å². The lowest BCUT2D eigenvalue weighted by atomic mass is 10.1. The quantitative estimate of drug-likeness (QED) is 0.632. The van der Waals surface area contributed by atoms with E-state index >= 15 is 0 Å². The van der Waals surface area contributed by atoms with Gasteiger partial charge in [-0.25, -0.2) is 4.79 Å². The second kappa shape index (κ2) is 10.1. The number of amides is 2. The average molecular weight is 461 g/mol. The molecular weight excluding hydrogens is 440 g/mol. The summed E-state index contributed by atoms with van der Waals surface area (Å²) in [4.78, 5) is 49.8. The molecule has 1 atom stereocenters. The number of halogens is 1. The van der Waals surface area contributed by atoms with Gasteiger partial charge in [0.05, 0.1) is 31.4 Å². The summed E-state index contributed by atoms with van der Waals surface area (Å²) in [5.41, 5.74) is 1.23. The minimum atomic E-state index is -0.724. The number of hydrogen-bond acceptors (Lipinski definition) is 7. The summed E-state index contributed by atoms with van der Waals surface area (Å²) in [6.45, 7) is -0.423. The molecule has 1 saturated heterocycles. The number of carbonyl (C=O) groups excluding carboxylic acids is 4. The van der Waals surface area contributed by atoms with Crippen LogP contribution in [0.4, 0.5) is 11.4 Å². The van der Waals surface area contributed by atoms with Crippen molar-refractivity contribution in [1.29, 1.82) is 0 Å². The molecule has 168 valence electrons. The van der Waals surface area contributed by atoms with Gasteiger partial charge in [0.1, 0.15) is 5.75 Å². The molecule has 10 heteroatoms. The van der Waals surface area contributed by atoms with Gasteiger partial charge in [0.25, 0.3) is 5.91 Å². The largest absolute Gasteiger partial charge is 0.495 e. The maximum Gasteiger partial charge on any atom is 0.337 e. The van der Waals surface area contributed by atoms with E-state index in [9.17, 15) is 19.2 Å². The van der Waals surface area contributed by atoms with E-state index in [-0.39, 0.29) is 18.9 Å². The number of hydrogen-bond donors (Lipinski definition) is 1. The maximum absolute atomic E-state index is 12.5. The van der Waals surface area contributed by atoms with E-state index in [1.165, 1.54) is 43.4 Å². The summed E-state index contributed by atoms with van der Waals surface area (Å²) in [5, 5.41) is 2.99. The van der Waals surface area contributed by atoms with E-state index in [2.05, 4.69) is 10.1 Å². The lowest BCUT2D eigenvalue weighted by Crippen LogP contribution is -2.28. The molecule has 0 aromatic heterocycles. The molecule has 1 fully saturated rings. The number of benzene rings is 2. The molecule has 1 N–H and O–H groups in total. The van der Waals surface area contributed by atoms with E-state index in [1.807, 2.05) is 0 Å². The first-order valence-corrected chi connectivity index (χ1v) is 9.99. The van der Waals surface area contributed by atoms with Gasteiger partial charge in [0.2, 0.25) is 5.91 Å². The van der Waals surface area contributed by atoms with Crippen molar-refractivity contribution in [3.63, 3.8) is 0 Å². The summed E-state index contributed by atoms with van der Waals surface area (Å²) in [6.07, 6.45) is -0.0505. The Bertz CT molecular complexity index is 1040. The Labute approximate surface area is 189 Å². The molecule has 32 heavy (non-hydrogen) atoms. The van der Waals surface area contributed by atoms with Gasteiger partial charge in [-0.15, -0.1) is 0 Å². The Kier molecular flexibility index (Phi) is 7.32. The molecule has 1 aliphatic heterocycles. The van der Waals surface area contributed by atoms with Crippen molar-refractivity contribution in [2.75, 3.05) is 37.6 Å². The first kappa shape index (κ1) is 23.1. The molecule has 1 aliphatic rings. The predicted octanol–water partition coefficient (Wildman–Crippen LogP) is 2.67. The van der Waals surface area contributed by atoms with Crippen molar-refractivity contribution in [2.24, 2.45) is 5.92 Å². The summed E-state index contributed by atoms with van der Waals surface area (Å²) in [6, 6.07) is 10.9. The lowest BCUT2D eigenvalue weighted by molar-refractivity contribution is -0.151. The molecule has 3 rings (SSSR count). The normalized spacial score (nSPS) is 15.3. The molecule has 2 amide bonds. The van der Waals surface area contributed by atoms with Gasteiger partial charge in [0.15, 0.2) is 6.61 Å². The summed E-state index contributed by atoms with van der Waals surface area (Å²) in [7, 11) is 2.75. The standard InChI is InChI=1S/C22H21ClN2O7/c1-30-18-8-5-15(23)10-17(18)25-11-14(9-20(25)27)22(29)32-12-19(26)24-16-6-3-13(4-7-16)21(28)31-2/h3-8,10,14H,9,11-12H2,1-2H3,(H,24,26)/t14-/m0/s1. The van der Waals surface area contributed by atoms with Crippen LogP contribution in [0.3, 0.4) is 0 Å². The van der Waals surface area contributed by atoms with Gasteiger partial charge in [-0.05, 0) is 42.5 Å². The fourth-order valence-electron chi connectivity index (χ4n) is 3.23. The van der Waals surface area contributed by atoms with Crippen LogP contribution in [0.2, 0.25) is 5.02 Å². The number of ether oxygens (including phenoxy) is 3. The van der Waals surface area contributed by atoms with E-state index in [1.54, 1.807) is 18.2 Å². The lowest BCUT2D eigenvalue weighted by Gasteiger charge is -2.19. The van der Waals surface area contributed by atoms with Gasteiger partial charge in [-0.1, -0.05) is 11.6 Å². The Morgan fingerprint density at radius 2 is 1.84 bits per heavy atom. The highest BCUT2D eigenvalue weighted by Crippen LogP contribution is 2.35. The van der Waals surface area contributed by atoms with Gasteiger partial charge < -0.3 is 24.4 Å². The minimum Gasteiger partial charge on any atom is -0.495 e. The number of carbonyl (C=O) groups is 4. The van der Waals surface area contributed by atoms with Crippen LogP contribution in [0.15, 0.2) is 42.5 Å². The highest BCUT2D eigenvalue weighted by atomic mass is 35.5. The first-order chi connectivity index (χ1) is 15.3. The number of rotatable bonds is 7. The van der Waals surface area contributed by atoms with Crippen molar-refractivity contribution < 1.29 is 33.4 Å². The Balaban J connectivity index is 1.54. The Morgan fingerprint density at radius 3 is 2.50 bits per heavy atom. The number of nitrogens with one attached hydrogen (secondary N) is 1. The van der Waals surface area contributed by atoms with Gasteiger partial charge >= 0.3 is 11.9 Å². The fraction of sp³-hybridized carbons (Fsp3) is 0.273. The number of anilines is 2. The Hall–Kier alpha value is -3.59. The molecule has 0 saturated carbocycles. The molecule has 0 bridgehead atoms. The minimum absolute atomic E-state index is 0.0505. The second-order valence-electron chi connectivity index (χ2n) is 6.95. The zero-order valence-electron chi connectivity index (χ0n) is 17.4. The van der Waals surface area contributed by atoms with Gasteiger partial charge in [-0.2, -0.15) is 0 Å². The van der Waals surface area contributed by atoms with Gasteiger partial charge in [0, 0.05) is 23.7 Å². The van der Waals surface area contributed by atoms with Crippen molar-refractivity contribution in [3.8, 4) is 5.75 Å². The highest BCUT2D eigenvalue weighted by molar-refractivity contribution is 6.31. The molecule has 1 heterocycles. The number of methoxy groups -OCH3 is 2. The topological polar surface area (TPSA) is 111 Å². The maximum atomic E-state index is 12.5. The molecule has 0 aliphatic carbocycles. The second-order valence-corrected chi connectivity index (χ2v) is 7.38. The van der Waals surface area contributed by atoms with E-state index < -0.39 is 30.4 Å². The molecule has 2 aromatic rings. The highest BCUT2D eigenvalue weighted by Gasteiger charge is 2.37. The van der Waals surface area contributed by atoms with Crippen LogP contribution in [0.5, 0.6) is 5.75 Å². The van der Waals surface area contributed by atoms with Crippen LogP contribution in [0, 0.1) is 5.92 Å². The Morgan fingerprint density at radius 1 is 1.12 bits per heavy atom. The molecular formula is C22H21ClN2O7. The molecule has 0 radical (unpaired) electrons. The van der Waals surface area contributed by atoms with Crippen LogP contribution >= 0.6 is 11.6 Å². The van der Waals surface area contributed by atoms with E-state index in [0.29, 0.717) is 27.7 Å².